The van der Waals surface area contributed by atoms with Gasteiger partial charge in [0.05, 0.1) is 5.69 Å². The van der Waals surface area contributed by atoms with Crippen molar-refractivity contribution in [3.8, 4) is 0 Å². The molecule has 0 N–H and O–H groups in total. The first kappa shape index (κ1) is 19.1. The van der Waals surface area contributed by atoms with Crippen molar-refractivity contribution in [3.05, 3.63) is 117 Å². The molecule has 0 aliphatic rings. The Labute approximate surface area is 171 Å². The van der Waals surface area contributed by atoms with E-state index in [4.69, 9.17) is 4.98 Å². The second-order valence-electron chi connectivity index (χ2n) is 7.64. The van der Waals surface area contributed by atoms with Gasteiger partial charge in [0, 0.05) is 31.9 Å². The molecule has 4 heteroatoms. The highest BCUT2D eigenvalue weighted by Gasteiger charge is 2.11. The highest BCUT2D eigenvalue weighted by molar-refractivity contribution is 5.40. The molecular weight excluding hydrogens is 358 g/mol. The number of aromatic nitrogens is 2. The van der Waals surface area contributed by atoms with E-state index in [1.165, 1.54) is 16.7 Å². The Bertz CT molecular complexity index is 1160. The Morgan fingerprint density at radius 3 is 2.17 bits per heavy atom. The van der Waals surface area contributed by atoms with Crippen molar-refractivity contribution in [1.29, 1.82) is 0 Å². The van der Waals surface area contributed by atoms with Crippen LogP contribution in [0, 0.1) is 13.8 Å². The van der Waals surface area contributed by atoms with Crippen molar-refractivity contribution in [2.75, 3.05) is 0 Å². The third-order valence-corrected chi connectivity index (χ3v) is 5.02. The van der Waals surface area contributed by atoms with E-state index in [1.54, 1.807) is 10.5 Å². The topological polar surface area (TPSA) is 37.6 Å². The summed E-state index contributed by atoms with van der Waals surface area (Å²) in [6.45, 7) is 6.28. The van der Waals surface area contributed by atoms with Gasteiger partial charge in [0.1, 0.15) is 5.65 Å². The van der Waals surface area contributed by atoms with Gasteiger partial charge in [-0.05, 0) is 36.6 Å². The van der Waals surface area contributed by atoms with Crippen LogP contribution < -0.4 is 5.56 Å². The Balaban J connectivity index is 1.63. The molecule has 2 aromatic carbocycles. The van der Waals surface area contributed by atoms with E-state index in [0.717, 1.165) is 24.3 Å². The van der Waals surface area contributed by atoms with Gasteiger partial charge >= 0.3 is 0 Å². The molecule has 4 nitrogen and oxygen atoms in total. The number of nitrogens with zero attached hydrogens (tertiary/aromatic N) is 3. The molecule has 0 aliphatic heterocycles. The number of fused-ring (bicyclic) bond motifs is 1. The second-order valence-corrected chi connectivity index (χ2v) is 7.64. The average molecular weight is 383 g/mol. The molecule has 0 saturated carbocycles. The van der Waals surface area contributed by atoms with Gasteiger partial charge in [-0.1, -0.05) is 66.2 Å². The average Bonchev–Trinajstić information content (AvgIpc) is 2.71. The van der Waals surface area contributed by atoms with Gasteiger partial charge < -0.3 is 0 Å². The summed E-state index contributed by atoms with van der Waals surface area (Å²) < 4.78 is 1.61. The smallest absolute Gasteiger partial charge is 0.258 e. The number of hydrogen-bond donors (Lipinski definition) is 0. The molecule has 0 amide bonds. The van der Waals surface area contributed by atoms with Gasteiger partial charge in [-0.2, -0.15) is 0 Å². The van der Waals surface area contributed by atoms with Crippen LogP contribution in [0.1, 0.15) is 27.9 Å². The summed E-state index contributed by atoms with van der Waals surface area (Å²) in [5.41, 5.74) is 6.23. The van der Waals surface area contributed by atoms with Crippen LogP contribution in [0.15, 0.2) is 83.8 Å². The highest BCUT2D eigenvalue weighted by atomic mass is 16.1. The van der Waals surface area contributed by atoms with Crippen LogP contribution in [0.4, 0.5) is 0 Å². The molecule has 0 unspecified atom stereocenters. The second kappa shape index (κ2) is 8.41. The number of benzene rings is 2. The predicted octanol–water partition coefficient (Wildman–Crippen LogP) is 4.51. The molecule has 0 saturated heterocycles. The van der Waals surface area contributed by atoms with Crippen LogP contribution in [-0.2, 0) is 19.6 Å². The lowest BCUT2D eigenvalue weighted by atomic mass is 10.1. The molecule has 0 atom stereocenters. The lowest BCUT2D eigenvalue weighted by molar-refractivity contribution is 0.244. The Kier molecular flexibility index (Phi) is 5.54. The van der Waals surface area contributed by atoms with E-state index in [-0.39, 0.29) is 5.56 Å². The van der Waals surface area contributed by atoms with Gasteiger partial charge in [-0.25, -0.2) is 4.98 Å². The molecule has 0 spiro atoms. The predicted molar refractivity (Wildman–Crippen MR) is 117 cm³/mol. The van der Waals surface area contributed by atoms with Gasteiger partial charge in [0.25, 0.3) is 5.56 Å². The van der Waals surface area contributed by atoms with E-state index >= 15 is 0 Å². The Hall–Kier alpha value is -3.24. The summed E-state index contributed by atoms with van der Waals surface area (Å²) in [5, 5.41) is 0. The van der Waals surface area contributed by atoms with Crippen LogP contribution in [-0.4, -0.2) is 14.3 Å². The SMILES string of the molecule is Cc1ccc(CN(Cc2ccccc2)Cc2cc(=O)n3cc(C)ccc3n2)cc1. The molecule has 4 rings (SSSR count). The molecule has 0 aliphatic carbocycles. The summed E-state index contributed by atoms with van der Waals surface area (Å²) in [5.74, 6) is 0. The molecule has 29 heavy (non-hydrogen) atoms. The maximum atomic E-state index is 12.6. The molecule has 2 heterocycles. The van der Waals surface area contributed by atoms with Crippen LogP contribution in [0.2, 0.25) is 0 Å². The van der Waals surface area contributed by atoms with Gasteiger partial charge in [-0.15, -0.1) is 0 Å². The number of rotatable bonds is 6. The summed E-state index contributed by atoms with van der Waals surface area (Å²) in [6, 6.07) is 24.6. The van der Waals surface area contributed by atoms with Crippen molar-refractivity contribution in [2.45, 2.75) is 33.5 Å². The molecule has 146 valence electrons. The number of hydrogen-bond acceptors (Lipinski definition) is 3. The van der Waals surface area contributed by atoms with E-state index in [9.17, 15) is 4.79 Å². The minimum atomic E-state index is -0.0382. The fourth-order valence-electron chi connectivity index (χ4n) is 3.53. The summed E-state index contributed by atoms with van der Waals surface area (Å²) >= 11 is 0. The van der Waals surface area contributed by atoms with Crippen molar-refractivity contribution in [2.24, 2.45) is 0 Å². The zero-order valence-electron chi connectivity index (χ0n) is 16.9. The van der Waals surface area contributed by atoms with Crippen LogP contribution >= 0.6 is 0 Å². The first-order valence-corrected chi connectivity index (χ1v) is 9.87. The molecule has 4 aromatic rings. The largest absolute Gasteiger partial charge is 0.289 e. The summed E-state index contributed by atoms with van der Waals surface area (Å²) in [7, 11) is 0. The zero-order chi connectivity index (χ0) is 20.2. The van der Waals surface area contributed by atoms with Crippen molar-refractivity contribution >= 4 is 5.65 Å². The molecule has 0 bridgehead atoms. The first-order valence-electron chi connectivity index (χ1n) is 9.87. The monoisotopic (exact) mass is 383 g/mol. The van der Waals surface area contributed by atoms with Crippen LogP contribution in [0.25, 0.3) is 5.65 Å². The van der Waals surface area contributed by atoms with Crippen LogP contribution in [0.3, 0.4) is 0 Å². The van der Waals surface area contributed by atoms with E-state index in [0.29, 0.717) is 12.2 Å². The van der Waals surface area contributed by atoms with Crippen LogP contribution in [0.5, 0.6) is 0 Å². The highest BCUT2D eigenvalue weighted by Crippen LogP contribution is 2.14. The fraction of sp³-hybridized carbons (Fsp3) is 0.200. The maximum Gasteiger partial charge on any atom is 0.258 e. The maximum absolute atomic E-state index is 12.6. The fourth-order valence-corrected chi connectivity index (χ4v) is 3.53. The number of pyridine rings is 1. The van der Waals surface area contributed by atoms with E-state index < -0.39 is 0 Å². The van der Waals surface area contributed by atoms with Crippen molar-refractivity contribution < 1.29 is 0 Å². The first-order chi connectivity index (χ1) is 14.1. The van der Waals surface area contributed by atoms with Gasteiger partial charge in [0.2, 0.25) is 0 Å². The normalized spacial score (nSPS) is 11.3. The minimum Gasteiger partial charge on any atom is -0.289 e. The number of aryl methyl sites for hydroxylation is 2. The molecular formula is C25H25N3O. The Morgan fingerprint density at radius 2 is 1.45 bits per heavy atom. The molecule has 0 fully saturated rings. The quantitative estimate of drug-likeness (QED) is 0.491. The third kappa shape index (κ3) is 4.79. The zero-order valence-corrected chi connectivity index (χ0v) is 16.9. The molecule has 0 radical (unpaired) electrons. The minimum absolute atomic E-state index is 0.0382. The third-order valence-electron chi connectivity index (χ3n) is 5.02. The standard InChI is InChI=1S/C25H25N3O/c1-19-8-11-22(12-9-19)17-27(16-21-6-4-3-5-7-21)18-23-14-25(29)28-15-20(2)10-13-24(28)26-23/h3-15H,16-18H2,1-2H3. The molecule has 2 aromatic heterocycles. The summed E-state index contributed by atoms with van der Waals surface area (Å²) in [4.78, 5) is 19.7. The van der Waals surface area contributed by atoms with E-state index in [2.05, 4.69) is 60.4 Å². The van der Waals surface area contributed by atoms with Gasteiger partial charge in [0.15, 0.2) is 0 Å². The van der Waals surface area contributed by atoms with E-state index in [1.807, 2.05) is 31.3 Å². The van der Waals surface area contributed by atoms with Crippen molar-refractivity contribution in [3.63, 3.8) is 0 Å². The lowest BCUT2D eigenvalue weighted by Gasteiger charge is -2.22. The Morgan fingerprint density at radius 1 is 0.793 bits per heavy atom. The summed E-state index contributed by atoms with van der Waals surface area (Å²) in [6.07, 6.45) is 1.84. The van der Waals surface area contributed by atoms with Gasteiger partial charge in [-0.3, -0.25) is 14.1 Å². The van der Waals surface area contributed by atoms with Crippen molar-refractivity contribution in [1.82, 2.24) is 14.3 Å². The lowest BCUT2D eigenvalue weighted by Crippen LogP contribution is -2.25.